The quantitative estimate of drug-likeness (QED) is 0.789. The summed E-state index contributed by atoms with van der Waals surface area (Å²) in [4.78, 5) is 18.6. The predicted octanol–water partition coefficient (Wildman–Crippen LogP) is 3.05. The summed E-state index contributed by atoms with van der Waals surface area (Å²) in [6.07, 6.45) is 0.993. The molecule has 0 spiro atoms. The summed E-state index contributed by atoms with van der Waals surface area (Å²) in [6, 6.07) is 11.3. The standard InChI is InChI=1S/C17H15N3O3S/c21-16(18-12-4-2-1-3-5-12)9-15-19-17(23-20-15)14-8-11-10-22-7-6-13(11)24-14/h1-5,8H,6-7,9-10H2,(H,18,21). The second-order valence-corrected chi connectivity index (χ2v) is 6.61. The van der Waals surface area contributed by atoms with Crippen LogP contribution in [0.15, 0.2) is 40.9 Å². The Morgan fingerprint density at radius 1 is 1.29 bits per heavy atom. The van der Waals surface area contributed by atoms with E-state index in [9.17, 15) is 4.79 Å². The lowest BCUT2D eigenvalue weighted by molar-refractivity contribution is -0.115. The maximum absolute atomic E-state index is 12.0. The van der Waals surface area contributed by atoms with Gasteiger partial charge in [0.25, 0.3) is 5.89 Å². The number of hydrogen-bond acceptors (Lipinski definition) is 6. The number of aromatic nitrogens is 2. The Morgan fingerprint density at radius 3 is 3.00 bits per heavy atom. The molecule has 4 rings (SSSR count). The number of ether oxygens (including phenoxy) is 1. The van der Waals surface area contributed by atoms with Crippen LogP contribution in [0.1, 0.15) is 16.3 Å². The first-order valence-electron chi connectivity index (χ1n) is 7.65. The van der Waals surface area contributed by atoms with Gasteiger partial charge in [-0.1, -0.05) is 23.4 Å². The molecule has 0 aliphatic carbocycles. The second-order valence-electron chi connectivity index (χ2n) is 5.47. The lowest BCUT2D eigenvalue weighted by atomic mass is 10.2. The van der Waals surface area contributed by atoms with E-state index >= 15 is 0 Å². The van der Waals surface area contributed by atoms with Gasteiger partial charge in [-0.05, 0) is 23.8 Å². The number of carbonyl (C=O) groups excluding carboxylic acids is 1. The number of fused-ring (bicyclic) bond motifs is 1. The molecule has 1 aromatic carbocycles. The zero-order chi connectivity index (χ0) is 16.4. The number of nitrogens with one attached hydrogen (secondary N) is 1. The topological polar surface area (TPSA) is 77.2 Å². The molecule has 1 aliphatic heterocycles. The van der Waals surface area contributed by atoms with Crippen molar-refractivity contribution in [2.24, 2.45) is 0 Å². The molecule has 0 radical (unpaired) electrons. The fourth-order valence-electron chi connectivity index (χ4n) is 2.55. The Balaban J connectivity index is 1.45. The van der Waals surface area contributed by atoms with Crippen molar-refractivity contribution >= 4 is 22.9 Å². The third kappa shape index (κ3) is 3.22. The molecule has 0 fully saturated rings. The minimum Gasteiger partial charge on any atom is -0.376 e. The van der Waals surface area contributed by atoms with E-state index in [-0.39, 0.29) is 12.3 Å². The third-order valence-electron chi connectivity index (χ3n) is 3.68. The van der Waals surface area contributed by atoms with Crippen LogP contribution in [-0.2, 0) is 29.0 Å². The largest absolute Gasteiger partial charge is 0.376 e. The van der Waals surface area contributed by atoms with E-state index in [0.29, 0.717) is 18.3 Å². The second kappa shape index (κ2) is 6.54. The number of para-hydroxylation sites is 1. The molecule has 7 heteroatoms. The minimum atomic E-state index is -0.174. The SMILES string of the molecule is O=C(Cc1noc(-c2cc3c(s2)CCOC3)n1)Nc1ccccc1. The maximum atomic E-state index is 12.0. The predicted molar refractivity (Wildman–Crippen MR) is 89.7 cm³/mol. The van der Waals surface area contributed by atoms with Gasteiger partial charge in [-0.3, -0.25) is 4.79 Å². The Bertz CT molecular complexity index is 834. The molecule has 3 heterocycles. The van der Waals surface area contributed by atoms with Crippen LogP contribution >= 0.6 is 11.3 Å². The van der Waals surface area contributed by atoms with Crippen LogP contribution in [0.4, 0.5) is 5.69 Å². The Labute approximate surface area is 142 Å². The van der Waals surface area contributed by atoms with E-state index in [2.05, 4.69) is 15.5 Å². The van der Waals surface area contributed by atoms with Crippen molar-refractivity contribution in [2.45, 2.75) is 19.4 Å². The van der Waals surface area contributed by atoms with Gasteiger partial charge in [0.05, 0.1) is 24.5 Å². The summed E-state index contributed by atoms with van der Waals surface area (Å²) < 4.78 is 10.8. The van der Waals surface area contributed by atoms with Crippen molar-refractivity contribution in [3.05, 3.63) is 52.7 Å². The molecular formula is C17H15N3O3S. The monoisotopic (exact) mass is 341 g/mol. The van der Waals surface area contributed by atoms with Crippen molar-refractivity contribution in [2.75, 3.05) is 11.9 Å². The number of nitrogens with zero attached hydrogens (tertiary/aromatic N) is 2. The molecule has 2 aromatic heterocycles. The highest BCUT2D eigenvalue weighted by molar-refractivity contribution is 7.15. The van der Waals surface area contributed by atoms with Gasteiger partial charge in [-0.25, -0.2) is 0 Å². The summed E-state index contributed by atoms with van der Waals surface area (Å²) in [5.41, 5.74) is 1.93. The van der Waals surface area contributed by atoms with Crippen LogP contribution < -0.4 is 5.32 Å². The first-order chi connectivity index (χ1) is 11.8. The van der Waals surface area contributed by atoms with Crippen molar-refractivity contribution < 1.29 is 14.1 Å². The van der Waals surface area contributed by atoms with Crippen molar-refractivity contribution in [3.63, 3.8) is 0 Å². The van der Waals surface area contributed by atoms with Gasteiger partial charge >= 0.3 is 0 Å². The molecule has 0 saturated carbocycles. The molecule has 6 nitrogen and oxygen atoms in total. The van der Waals surface area contributed by atoms with Crippen LogP contribution in [0.5, 0.6) is 0 Å². The number of carbonyl (C=O) groups is 1. The number of anilines is 1. The first-order valence-corrected chi connectivity index (χ1v) is 8.47. The highest BCUT2D eigenvalue weighted by Gasteiger charge is 2.19. The molecule has 3 aromatic rings. The summed E-state index contributed by atoms with van der Waals surface area (Å²) in [6.45, 7) is 1.38. The number of thiophene rings is 1. The van der Waals surface area contributed by atoms with Gasteiger partial charge in [0, 0.05) is 17.0 Å². The molecule has 122 valence electrons. The average molecular weight is 341 g/mol. The van der Waals surface area contributed by atoms with E-state index < -0.39 is 0 Å². The summed E-state index contributed by atoms with van der Waals surface area (Å²) in [5, 5.41) is 6.71. The van der Waals surface area contributed by atoms with Gasteiger partial charge in [0.1, 0.15) is 0 Å². The van der Waals surface area contributed by atoms with Gasteiger partial charge in [0.2, 0.25) is 5.91 Å². The molecule has 24 heavy (non-hydrogen) atoms. The molecule has 1 aliphatic rings. The maximum Gasteiger partial charge on any atom is 0.268 e. The van der Waals surface area contributed by atoms with Gasteiger partial charge in [-0.15, -0.1) is 11.3 Å². The number of benzene rings is 1. The number of amides is 1. The zero-order valence-corrected chi connectivity index (χ0v) is 13.6. The van der Waals surface area contributed by atoms with Crippen LogP contribution in [0.2, 0.25) is 0 Å². The Morgan fingerprint density at radius 2 is 2.17 bits per heavy atom. The third-order valence-corrected chi connectivity index (χ3v) is 4.91. The van der Waals surface area contributed by atoms with Crippen molar-refractivity contribution in [3.8, 4) is 10.8 Å². The molecular weight excluding hydrogens is 326 g/mol. The molecule has 0 bridgehead atoms. The molecule has 0 saturated heterocycles. The number of rotatable bonds is 4. The average Bonchev–Trinajstić information content (AvgIpc) is 3.22. The summed E-state index contributed by atoms with van der Waals surface area (Å²) in [7, 11) is 0. The highest BCUT2D eigenvalue weighted by atomic mass is 32.1. The van der Waals surface area contributed by atoms with Crippen molar-refractivity contribution in [1.82, 2.24) is 10.1 Å². The molecule has 1 N–H and O–H groups in total. The van der Waals surface area contributed by atoms with Crippen molar-refractivity contribution in [1.29, 1.82) is 0 Å². The minimum absolute atomic E-state index is 0.0760. The molecule has 1 amide bonds. The fourth-order valence-corrected chi connectivity index (χ4v) is 3.62. The number of hydrogen-bond donors (Lipinski definition) is 1. The first kappa shape index (κ1) is 15.0. The van der Waals surface area contributed by atoms with Crippen LogP contribution in [0.3, 0.4) is 0 Å². The molecule has 0 unspecified atom stereocenters. The van der Waals surface area contributed by atoms with Crippen LogP contribution in [-0.4, -0.2) is 22.7 Å². The Hall–Kier alpha value is -2.51. The van der Waals surface area contributed by atoms with Gasteiger partial charge in [0.15, 0.2) is 5.82 Å². The molecule has 0 atom stereocenters. The normalized spacial score (nSPS) is 13.5. The van der Waals surface area contributed by atoms with Crippen LogP contribution in [0, 0.1) is 0 Å². The smallest absolute Gasteiger partial charge is 0.268 e. The Kier molecular flexibility index (Phi) is 4.10. The highest BCUT2D eigenvalue weighted by Crippen LogP contribution is 2.33. The van der Waals surface area contributed by atoms with E-state index in [1.165, 1.54) is 10.4 Å². The summed E-state index contributed by atoms with van der Waals surface area (Å²) in [5.74, 6) is 0.658. The zero-order valence-electron chi connectivity index (χ0n) is 12.8. The van der Waals surface area contributed by atoms with E-state index in [4.69, 9.17) is 9.26 Å². The van der Waals surface area contributed by atoms with Crippen LogP contribution in [0.25, 0.3) is 10.8 Å². The lowest BCUT2D eigenvalue weighted by Crippen LogP contribution is -2.15. The lowest BCUT2D eigenvalue weighted by Gasteiger charge is -2.10. The van der Waals surface area contributed by atoms with E-state index in [0.717, 1.165) is 23.6 Å². The van der Waals surface area contributed by atoms with E-state index in [1.807, 2.05) is 36.4 Å². The summed E-state index contributed by atoms with van der Waals surface area (Å²) >= 11 is 1.65. The van der Waals surface area contributed by atoms with E-state index in [1.54, 1.807) is 11.3 Å². The van der Waals surface area contributed by atoms with Gasteiger partial charge in [-0.2, -0.15) is 4.98 Å². The van der Waals surface area contributed by atoms with Gasteiger partial charge < -0.3 is 14.6 Å². The fraction of sp³-hybridized carbons (Fsp3) is 0.235.